The van der Waals surface area contributed by atoms with Crippen molar-refractivity contribution >= 4 is 34.8 Å². The van der Waals surface area contributed by atoms with Crippen LogP contribution in [0.25, 0.3) is 0 Å². The lowest BCUT2D eigenvalue weighted by molar-refractivity contribution is -0.131. The van der Waals surface area contributed by atoms with Gasteiger partial charge in [-0.2, -0.15) is 0 Å². The fourth-order valence-corrected chi connectivity index (χ4v) is 5.43. The van der Waals surface area contributed by atoms with Crippen LogP contribution < -0.4 is 16.0 Å². The third-order valence-corrected chi connectivity index (χ3v) is 8.25. The van der Waals surface area contributed by atoms with Gasteiger partial charge in [-0.1, -0.05) is 54.9 Å². The van der Waals surface area contributed by atoms with Gasteiger partial charge in [-0.25, -0.2) is 4.98 Å². The molecule has 0 radical (unpaired) electrons. The van der Waals surface area contributed by atoms with Crippen LogP contribution in [-0.4, -0.2) is 95.7 Å². The van der Waals surface area contributed by atoms with Crippen LogP contribution in [-0.2, 0) is 36.8 Å². The molecule has 2 saturated heterocycles. The number of nitrogens with zero attached hydrogens (tertiary/aromatic N) is 3. The number of carbonyl (C=O) groups is 4. The Morgan fingerprint density at radius 3 is 2.38 bits per heavy atom. The van der Waals surface area contributed by atoms with E-state index in [9.17, 15) is 19.2 Å². The van der Waals surface area contributed by atoms with Crippen LogP contribution in [0.5, 0.6) is 0 Å². The number of Topliss-reactive ketones (excluding diaryl/α,β-unsaturated/α-hetero) is 1. The van der Waals surface area contributed by atoms with Crippen LogP contribution in [0.2, 0.25) is 0 Å². The predicted molar refractivity (Wildman–Crippen MR) is 175 cm³/mol. The zero-order valence-electron chi connectivity index (χ0n) is 27.3. The molecule has 13 nitrogen and oxygen atoms in total. The van der Waals surface area contributed by atoms with Crippen LogP contribution in [0.3, 0.4) is 0 Å². The summed E-state index contributed by atoms with van der Waals surface area (Å²) in [5.74, 6) is -1.17. The Labute approximate surface area is 278 Å². The minimum atomic E-state index is -1.02. The number of epoxide rings is 1. The van der Waals surface area contributed by atoms with Crippen molar-refractivity contribution in [1.29, 1.82) is 0 Å². The van der Waals surface area contributed by atoms with Crippen molar-refractivity contribution in [3.05, 3.63) is 70.0 Å². The smallest absolute Gasteiger partial charge is 0.274 e. The second-order valence-corrected chi connectivity index (χ2v) is 13.0. The first-order valence-electron chi connectivity index (χ1n) is 15.7. The van der Waals surface area contributed by atoms with Crippen LogP contribution in [0.15, 0.2) is 51.8 Å². The summed E-state index contributed by atoms with van der Waals surface area (Å²) < 4.78 is 15.9. The Hall–Kier alpha value is -3.98. The van der Waals surface area contributed by atoms with E-state index in [0.717, 1.165) is 13.1 Å². The van der Waals surface area contributed by atoms with Gasteiger partial charge in [0.1, 0.15) is 11.6 Å². The van der Waals surface area contributed by atoms with Gasteiger partial charge in [-0.3, -0.25) is 24.1 Å². The van der Waals surface area contributed by atoms with Crippen molar-refractivity contribution in [3.63, 3.8) is 0 Å². The number of ether oxygens (including phenoxy) is 2. The molecule has 2 aliphatic rings. The Kier molecular flexibility index (Phi) is 13.2. The minimum Gasteiger partial charge on any atom is -0.379 e. The highest BCUT2D eigenvalue weighted by atomic mass is 32.1. The second-order valence-electron chi connectivity index (χ2n) is 12.3. The maximum Gasteiger partial charge on any atom is 0.274 e. The number of aromatic nitrogens is 2. The van der Waals surface area contributed by atoms with E-state index in [1.165, 1.54) is 16.9 Å². The lowest BCUT2D eigenvalue weighted by Gasteiger charge is -2.25. The second kappa shape index (κ2) is 17.3. The Balaban J connectivity index is 0.000000632. The van der Waals surface area contributed by atoms with Crippen LogP contribution in [0.1, 0.15) is 54.7 Å². The fourth-order valence-electron chi connectivity index (χ4n) is 4.86. The summed E-state index contributed by atoms with van der Waals surface area (Å²) in [4.78, 5) is 57.9. The van der Waals surface area contributed by atoms with Gasteiger partial charge in [0.2, 0.25) is 11.8 Å². The summed E-state index contributed by atoms with van der Waals surface area (Å²) in [6, 6.07) is 10.1. The normalized spacial score (nSPS) is 18.7. The van der Waals surface area contributed by atoms with Gasteiger partial charge < -0.3 is 29.9 Å². The van der Waals surface area contributed by atoms with E-state index in [0.29, 0.717) is 44.2 Å². The standard InChI is InChI=1S/C26H36N6O7S.C7H8/c1-16(2)8-19(23(34)26(3)14-38-26)29-22(33)11-27-24(35)20(9-17-13-40-15-28-17)30-25(36)21-10-18(39-31-21)12-32-4-6-37-7-5-32;1-7-5-3-2-4-6-7/h10,13,15-16,19-20H,4-9,11-12,14H2,1-3H3,(H,27,35)(H,29,33)(H,30,36);2-6H,1H3/t19-,20-,26+;/m0./s1. The van der Waals surface area contributed by atoms with E-state index in [-0.39, 0.29) is 30.4 Å². The maximum atomic E-state index is 13.1. The molecule has 2 fully saturated rings. The van der Waals surface area contributed by atoms with Crippen LogP contribution in [0.4, 0.5) is 0 Å². The number of ketones is 1. The molecule has 254 valence electrons. The average Bonchev–Trinajstić information content (AvgIpc) is 3.39. The van der Waals surface area contributed by atoms with Crippen LogP contribution in [0, 0.1) is 12.8 Å². The number of hydrogen-bond donors (Lipinski definition) is 3. The summed E-state index contributed by atoms with van der Waals surface area (Å²) in [6.07, 6.45) is 0.566. The summed E-state index contributed by atoms with van der Waals surface area (Å²) in [5.41, 5.74) is 2.74. The molecule has 3 aromatic rings. The molecular formula is C33H44N6O7S. The predicted octanol–water partition coefficient (Wildman–Crippen LogP) is 2.30. The molecule has 4 heterocycles. The Morgan fingerprint density at radius 1 is 1.06 bits per heavy atom. The SMILES string of the molecule is CC(C)C[C@H](NC(=O)CNC(=O)[C@H](Cc1cscn1)NC(=O)c1cc(CN2CCOCC2)on1)C(=O)[C@@]1(C)CO1.Cc1ccccc1. The van der Waals surface area contributed by atoms with Gasteiger partial charge in [-0.05, 0) is 26.2 Å². The summed E-state index contributed by atoms with van der Waals surface area (Å²) in [5, 5.41) is 13.6. The number of rotatable bonds is 14. The maximum absolute atomic E-state index is 13.1. The average molecular weight is 669 g/mol. The van der Waals surface area contributed by atoms with Crippen molar-refractivity contribution in [1.82, 2.24) is 31.0 Å². The number of amides is 3. The molecule has 1 aromatic carbocycles. The lowest BCUT2D eigenvalue weighted by Crippen LogP contribution is -2.52. The molecule has 0 unspecified atom stereocenters. The molecule has 0 spiro atoms. The van der Waals surface area contributed by atoms with Gasteiger partial charge in [0.05, 0.1) is 50.2 Å². The zero-order chi connectivity index (χ0) is 33.8. The zero-order valence-corrected chi connectivity index (χ0v) is 28.1. The third-order valence-electron chi connectivity index (χ3n) is 7.61. The van der Waals surface area contributed by atoms with E-state index in [1.807, 2.05) is 32.0 Å². The van der Waals surface area contributed by atoms with Crippen molar-refractivity contribution in [2.45, 2.75) is 64.8 Å². The van der Waals surface area contributed by atoms with E-state index in [1.54, 1.807) is 23.9 Å². The molecule has 3 N–H and O–H groups in total. The first-order valence-corrected chi connectivity index (χ1v) is 16.7. The fraction of sp³-hybridized carbons (Fsp3) is 0.515. The summed E-state index contributed by atoms with van der Waals surface area (Å²) in [6.45, 7) is 10.9. The van der Waals surface area contributed by atoms with Gasteiger partial charge in [-0.15, -0.1) is 11.3 Å². The van der Waals surface area contributed by atoms with Crippen molar-refractivity contribution < 1.29 is 33.2 Å². The third kappa shape index (κ3) is 11.6. The molecule has 0 saturated carbocycles. The van der Waals surface area contributed by atoms with E-state index < -0.39 is 35.4 Å². The first-order chi connectivity index (χ1) is 22.5. The molecule has 14 heteroatoms. The first kappa shape index (κ1) is 35.9. The highest BCUT2D eigenvalue weighted by molar-refractivity contribution is 7.07. The number of carbonyl (C=O) groups excluding carboxylic acids is 4. The number of hydrogen-bond acceptors (Lipinski definition) is 11. The quantitative estimate of drug-likeness (QED) is 0.217. The van der Waals surface area contributed by atoms with E-state index >= 15 is 0 Å². The number of benzene rings is 1. The monoisotopic (exact) mass is 668 g/mol. The minimum absolute atomic E-state index is 0.0444. The van der Waals surface area contributed by atoms with E-state index in [4.69, 9.17) is 14.0 Å². The molecule has 2 aromatic heterocycles. The van der Waals surface area contributed by atoms with E-state index in [2.05, 4.69) is 50.0 Å². The Morgan fingerprint density at radius 2 is 1.79 bits per heavy atom. The molecule has 3 amide bonds. The largest absolute Gasteiger partial charge is 0.379 e. The van der Waals surface area contributed by atoms with Crippen molar-refractivity contribution in [2.75, 3.05) is 39.5 Å². The summed E-state index contributed by atoms with van der Waals surface area (Å²) in [7, 11) is 0. The summed E-state index contributed by atoms with van der Waals surface area (Å²) >= 11 is 1.37. The van der Waals surface area contributed by atoms with Gasteiger partial charge in [0.25, 0.3) is 5.91 Å². The number of morpholine rings is 1. The van der Waals surface area contributed by atoms with Gasteiger partial charge in [0, 0.05) is 31.0 Å². The lowest BCUT2D eigenvalue weighted by atomic mass is 9.93. The molecule has 5 rings (SSSR count). The molecule has 0 bridgehead atoms. The molecule has 47 heavy (non-hydrogen) atoms. The Bertz CT molecular complexity index is 1450. The molecule has 2 aliphatic heterocycles. The molecular weight excluding hydrogens is 624 g/mol. The molecule has 3 atom stereocenters. The van der Waals surface area contributed by atoms with Crippen LogP contribution >= 0.6 is 11.3 Å². The number of aryl methyl sites for hydroxylation is 1. The van der Waals surface area contributed by atoms with Gasteiger partial charge >= 0.3 is 0 Å². The van der Waals surface area contributed by atoms with Gasteiger partial charge in [0.15, 0.2) is 17.2 Å². The highest BCUT2D eigenvalue weighted by Crippen LogP contribution is 2.29. The topological polar surface area (TPSA) is 168 Å². The number of thiazole rings is 1. The number of nitrogens with one attached hydrogen (secondary N) is 3. The highest BCUT2D eigenvalue weighted by Gasteiger charge is 2.50. The van der Waals surface area contributed by atoms with Crippen molar-refractivity contribution in [3.8, 4) is 0 Å². The van der Waals surface area contributed by atoms with Crippen molar-refractivity contribution in [2.24, 2.45) is 5.92 Å². The molecule has 0 aliphatic carbocycles.